The highest BCUT2D eigenvalue weighted by atomic mass is 35.5. The van der Waals surface area contributed by atoms with Crippen LogP contribution in [-0.2, 0) is 0 Å². The average Bonchev–Trinajstić information content (AvgIpc) is 2.43. The number of halogens is 1. The van der Waals surface area contributed by atoms with Crippen molar-refractivity contribution in [3.05, 3.63) is 33.6 Å². The van der Waals surface area contributed by atoms with Crippen LogP contribution in [0.25, 0.3) is 11.0 Å². The molecule has 0 atom stereocenters. The van der Waals surface area contributed by atoms with E-state index in [1.54, 1.807) is 12.1 Å². The van der Waals surface area contributed by atoms with Crippen LogP contribution in [0.5, 0.6) is 0 Å². The van der Waals surface area contributed by atoms with Gasteiger partial charge in [-0.1, -0.05) is 23.7 Å². The quantitative estimate of drug-likeness (QED) is 0.515. The fourth-order valence-electron chi connectivity index (χ4n) is 1.09. The normalized spacial score (nSPS) is 10.5. The number of fused-ring (bicyclic) bond motifs is 1. The van der Waals surface area contributed by atoms with Gasteiger partial charge in [0, 0.05) is 16.9 Å². The first-order valence-electron chi connectivity index (χ1n) is 3.42. The molecule has 0 unspecified atom stereocenters. The Hall–Kier alpha value is -1.62. The molecule has 0 bridgehead atoms. The fourth-order valence-corrected chi connectivity index (χ4v) is 1.26. The van der Waals surface area contributed by atoms with Crippen LogP contribution in [0, 0.1) is 10.1 Å². The Morgan fingerprint density at radius 2 is 2.31 bits per heavy atom. The van der Waals surface area contributed by atoms with Crippen molar-refractivity contribution in [2.75, 3.05) is 0 Å². The van der Waals surface area contributed by atoms with Crippen molar-refractivity contribution in [3.63, 3.8) is 0 Å². The molecule has 1 heterocycles. The Morgan fingerprint density at radius 1 is 1.54 bits per heavy atom. The largest absolute Gasteiger partial charge is 0.426 e. The van der Waals surface area contributed by atoms with Crippen molar-refractivity contribution >= 4 is 28.3 Å². The first kappa shape index (κ1) is 8.00. The third-order valence-corrected chi connectivity index (χ3v) is 1.78. The van der Waals surface area contributed by atoms with Crippen LogP contribution in [0.4, 0.5) is 5.69 Å². The topological polar surface area (TPSA) is 70.1 Å². The van der Waals surface area contributed by atoms with E-state index in [-0.39, 0.29) is 16.5 Å². The summed E-state index contributed by atoms with van der Waals surface area (Å²) in [4.78, 5) is 17.6. The van der Waals surface area contributed by atoms with Gasteiger partial charge in [-0.15, -0.1) is 0 Å². The van der Waals surface area contributed by atoms with Gasteiger partial charge in [-0.3, -0.25) is 10.1 Å². The van der Waals surface area contributed by atoms with Gasteiger partial charge >= 0.3 is 0 Å². The molecule has 6 heteroatoms. The minimum Gasteiger partial charge on any atom is -0.426 e. The molecule has 66 valence electrons. The Labute approximate surface area is 77.5 Å². The second-order valence-corrected chi connectivity index (χ2v) is 2.73. The average molecular weight is 197 g/mol. The number of nitrogens with zero attached hydrogens (tertiary/aromatic N) is 3. The second kappa shape index (κ2) is 2.70. The van der Waals surface area contributed by atoms with Gasteiger partial charge < -0.3 is 9.97 Å². The van der Waals surface area contributed by atoms with Gasteiger partial charge in [-0.25, -0.2) is 0 Å². The molecule has 0 saturated carbocycles. The van der Waals surface area contributed by atoms with Gasteiger partial charge in [0.25, 0.3) is 5.69 Å². The Morgan fingerprint density at radius 3 is 3.00 bits per heavy atom. The smallest absolute Gasteiger partial charge is 0.272 e. The molecular formula is C7H3ClN3O2-. The molecule has 0 fully saturated rings. The minimum absolute atomic E-state index is 0.0318. The fraction of sp³-hybridized carbons (Fsp3) is 0. The van der Waals surface area contributed by atoms with E-state index >= 15 is 0 Å². The lowest BCUT2D eigenvalue weighted by molar-refractivity contribution is -0.383. The lowest BCUT2D eigenvalue weighted by Crippen LogP contribution is -1.89. The number of benzene rings is 1. The molecule has 13 heavy (non-hydrogen) atoms. The van der Waals surface area contributed by atoms with E-state index in [0.29, 0.717) is 5.52 Å². The Kier molecular flexibility index (Phi) is 1.66. The number of para-hydroxylation sites is 1. The number of nitro groups is 1. The summed E-state index contributed by atoms with van der Waals surface area (Å²) in [6.45, 7) is 0. The number of aromatic nitrogens is 2. The Balaban J connectivity index is 2.82. The first-order valence-corrected chi connectivity index (χ1v) is 3.79. The number of rotatable bonds is 1. The van der Waals surface area contributed by atoms with E-state index in [0.717, 1.165) is 0 Å². The lowest BCUT2D eigenvalue weighted by Gasteiger charge is -1.95. The molecule has 5 nitrogen and oxygen atoms in total. The third kappa shape index (κ3) is 1.23. The zero-order chi connectivity index (χ0) is 9.42. The molecule has 0 N–H and O–H groups in total. The van der Waals surface area contributed by atoms with Gasteiger partial charge in [0.05, 0.1) is 4.92 Å². The van der Waals surface area contributed by atoms with Gasteiger partial charge in [0.1, 0.15) is 0 Å². The minimum atomic E-state index is -0.507. The maximum atomic E-state index is 10.5. The highest BCUT2D eigenvalue weighted by Crippen LogP contribution is 2.23. The van der Waals surface area contributed by atoms with Crippen molar-refractivity contribution in [3.8, 4) is 0 Å². The predicted molar refractivity (Wildman–Crippen MR) is 46.7 cm³/mol. The summed E-state index contributed by atoms with van der Waals surface area (Å²) in [5.41, 5.74) is 0.605. The molecule has 0 radical (unpaired) electrons. The standard InChI is InChI=1S/C7H3ClN3O2/c8-7-9-4-2-1-3-5(11(12)13)6(4)10-7/h1-3H/q-1. The molecular weight excluding hydrogens is 194 g/mol. The van der Waals surface area contributed by atoms with Crippen molar-refractivity contribution < 1.29 is 4.92 Å². The van der Waals surface area contributed by atoms with Crippen LogP contribution in [0.3, 0.4) is 0 Å². The van der Waals surface area contributed by atoms with Crippen molar-refractivity contribution in [2.45, 2.75) is 0 Å². The molecule has 2 aromatic rings. The van der Waals surface area contributed by atoms with E-state index in [2.05, 4.69) is 9.97 Å². The first-order chi connectivity index (χ1) is 6.18. The molecule has 0 amide bonds. The highest BCUT2D eigenvalue weighted by Gasteiger charge is 2.07. The molecule has 0 aliphatic heterocycles. The summed E-state index contributed by atoms with van der Waals surface area (Å²) in [6.07, 6.45) is 0. The second-order valence-electron chi connectivity index (χ2n) is 2.39. The van der Waals surface area contributed by atoms with Crippen LogP contribution in [0.15, 0.2) is 18.2 Å². The van der Waals surface area contributed by atoms with Gasteiger partial charge in [-0.05, 0) is 5.52 Å². The number of non-ortho nitro benzene ring substituents is 1. The monoisotopic (exact) mass is 196 g/mol. The van der Waals surface area contributed by atoms with Crippen LogP contribution in [0.1, 0.15) is 0 Å². The maximum Gasteiger partial charge on any atom is 0.272 e. The van der Waals surface area contributed by atoms with E-state index in [1.807, 2.05) is 0 Å². The zero-order valence-electron chi connectivity index (χ0n) is 6.27. The van der Waals surface area contributed by atoms with Crippen LogP contribution in [-0.4, -0.2) is 9.91 Å². The molecule has 0 aliphatic rings. The van der Waals surface area contributed by atoms with E-state index in [9.17, 15) is 10.1 Å². The van der Waals surface area contributed by atoms with E-state index < -0.39 is 4.92 Å². The van der Waals surface area contributed by atoms with Crippen molar-refractivity contribution in [1.82, 2.24) is 9.97 Å². The van der Waals surface area contributed by atoms with Crippen molar-refractivity contribution in [1.29, 1.82) is 0 Å². The zero-order valence-corrected chi connectivity index (χ0v) is 7.02. The molecule has 0 spiro atoms. The summed E-state index contributed by atoms with van der Waals surface area (Å²) in [5, 5.41) is 10.6. The van der Waals surface area contributed by atoms with E-state index in [4.69, 9.17) is 11.6 Å². The van der Waals surface area contributed by atoms with Crippen LogP contribution >= 0.6 is 11.6 Å². The lowest BCUT2D eigenvalue weighted by atomic mass is 10.3. The maximum absolute atomic E-state index is 10.5. The van der Waals surface area contributed by atoms with Crippen molar-refractivity contribution in [2.24, 2.45) is 0 Å². The summed E-state index contributed by atoms with van der Waals surface area (Å²) < 4.78 is 0. The summed E-state index contributed by atoms with van der Waals surface area (Å²) >= 11 is 5.51. The highest BCUT2D eigenvalue weighted by molar-refractivity contribution is 6.29. The summed E-state index contributed by atoms with van der Waals surface area (Å²) in [6, 6.07) is 4.54. The Bertz CT molecular complexity index is 480. The van der Waals surface area contributed by atoms with Gasteiger partial charge in [0.2, 0.25) is 0 Å². The number of hydrogen-bond acceptors (Lipinski definition) is 3. The molecule has 2 rings (SSSR count). The van der Waals surface area contributed by atoms with Gasteiger partial charge in [0.15, 0.2) is 0 Å². The van der Waals surface area contributed by atoms with Crippen LogP contribution in [0.2, 0.25) is 5.28 Å². The number of nitro benzene ring substituents is 1. The molecule has 0 aliphatic carbocycles. The van der Waals surface area contributed by atoms with Crippen LogP contribution < -0.4 is 4.98 Å². The van der Waals surface area contributed by atoms with E-state index in [1.165, 1.54) is 6.07 Å². The summed E-state index contributed by atoms with van der Waals surface area (Å²) in [7, 11) is 0. The number of hydrogen-bond donors (Lipinski definition) is 0. The molecule has 0 saturated heterocycles. The molecule has 1 aromatic carbocycles. The SMILES string of the molecule is O=[N+]([O-])c1cccc2nc(Cl)[n-]c12. The van der Waals surface area contributed by atoms with Gasteiger partial charge in [-0.2, -0.15) is 0 Å². The predicted octanol–water partition coefficient (Wildman–Crippen LogP) is 1.75. The third-order valence-electron chi connectivity index (χ3n) is 1.61. The molecule has 1 aromatic heterocycles. The number of imidazole rings is 1. The summed E-state index contributed by atoms with van der Waals surface area (Å²) in [5.74, 6) is 0.